The molecule has 5 heteroatoms. The van der Waals surface area contributed by atoms with Crippen molar-refractivity contribution in [1.29, 1.82) is 0 Å². The number of unbranched alkanes of at least 4 members (excludes halogenated alkanes) is 1. The number of hydrogen-bond acceptors (Lipinski definition) is 3. The number of rotatable bonds is 14. The van der Waals surface area contributed by atoms with E-state index in [2.05, 4.69) is 19.2 Å². The van der Waals surface area contributed by atoms with Crippen molar-refractivity contribution in [3.8, 4) is 0 Å². The number of amides is 1. The second kappa shape index (κ2) is 13.7. The van der Waals surface area contributed by atoms with E-state index in [9.17, 15) is 9.18 Å². The van der Waals surface area contributed by atoms with Crippen LogP contribution in [0.4, 0.5) is 4.39 Å². The summed E-state index contributed by atoms with van der Waals surface area (Å²) in [5.74, 6) is -0.143. The maximum atomic E-state index is 13.4. The van der Waals surface area contributed by atoms with Crippen molar-refractivity contribution in [3.05, 3.63) is 35.1 Å². The van der Waals surface area contributed by atoms with Gasteiger partial charge < -0.3 is 5.32 Å². The Morgan fingerprint density at radius 1 is 1.15 bits per heavy atom. The number of hydroxylamine groups is 1. The zero-order valence-corrected chi connectivity index (χ0v) is 17.2. The molecule has 4 nitrogen and oxygen atoms in total. The minimum absolute atomic E-state index is 0.238. The number of carbonyl (C=O) groups is 1. The van der Waals surface area contributed by atoms with Crippen LogP contribution >= 0.6 is 0 Å². The van der Waals surface area contributed by atoms with Gasteiger partial charge in [0.2, 0.25) is 5.91 Å². The van der Waals surface area contributed by atoms with Gasteiger partial charge in [-0.3, -0.25) is 10.0 Å². The van der Waals surface area contributed by atoms with Crippen LogP contribution in [0.5, 0.6) is 0 Å². The Morgan fingerprint density at radius 3 is 2.44 bits per heavy atom. The number of aryl methyl sites for hydroxylation is 1. The van der Waals surface area contributed by atoms with Crippen LogP contribution in [0.3, 0.4) is 0 Å². The Balaban J connectivity index is 2.38. The average molecular weight is 381 g/mol. The van der Waals surface area contributed by atoms with Crippen LogP contribution in [-0.4, -0.2) is 24.2 Å². The molecular formula is C22H37FN2O2. The zero-order chi connectivity index (χ0) is 20.1. The summed E-state index contributed by atoms with van der Waals surface area (Å²) in [5.41, 5.74) is 3.27. The molecule has 1 atom stereocenters. The average Bonchev–Trinajstić information content (AvgIpc) is 2.66. The maximum Gasteiger partial charge on any atom is 0.246 e. The summed E-state index contributed by atoms with van der Waals surface area (Å²) < 4.78 is 13.4. The first-order chi connectivity index (χ1) is 13.0. The van der Waals surface area contributed by atoms with Crippen molar-refractivity contribution >= 4 is 5.91 Å². The molecule has 1 rings (SSSR count). The van der Waals surface area contributed by atoms with Crippen LogP contribution < -0.4 is 10.8 Å². The highest BCUT2D eigenvalue weighted by Gasteiger charge is 2.18. The molecule has 1 amide bonds. The lowest BCUT2D eigenvalue weighted by molar-refractivity contribution is -0.133. The highest BCUT2D eigenvalue weighted by atomic mass is 19.1. The Morgan fingerprint density at radius 2 is 1.85 bits per heavy atom. The molecule has 0 spiro atoms. The van der Waals surface area contributed by atoms with E-state index in [1.807, 2.05) is 0 Å². The summed E-state index contributed by atoms with van der Waals surface area (Å²) >= 11 is 0. The van der Waals surface area contributed by atoms with E-state index < -0.39 is 0 Å². The van der Waals surface area contributed by atoms with E-state index in [-0.39, 0.29) is 17.6 Å². The van der Waals surface area contributed by atoms with Gasteiger partial charge in [-0.05, 0) is 75.2 Å². The standard InChI is InChI=1S/C22H37FN2O2/c1-4-8-18(9-5-2)16-24-13-7-6-10-20(22(26)25-27)15-19-11-12-21(23)17(3)14-19/h11-12,14,18,20,24,27H,4-10,13,15-16H2,1-3H3,(H,25,26)/t20-/m0/s1. The molecule has 0 aliphatic heterocycles. The van der Waals surface area contributed by atoms with Gasteiger partial charge in [0.15, 0.2) is 0 Å². The van der Waals surface area contributed by atoms with Gasteiger partial charge in [0.05, 0.1) is 0 Å². The predicted molar refractivity (Wildman–Crippen MR) is 108 cm³/mol. The first kappa shape index (κ1) is 23.6. The Bertz CT molecular complexity index is 545. The normalized spacial score (nSPS) is 12.4. The number of hydrogen-bond donors (Lipinski definition) is 3. The molecule has 0 bridgehead atoms. The van der Waals surface area contributed by atoms with E-state index in [0.717, 1.165) is 37.4 Å². The third-order valence-corrected chi connectivity index (χ3v) is 5.17. The largest absolute Gasteiger partial charge is 0.316 e. The van der Waals surface area contributed by atoms with Gasteiger partial charge in [-0.1, -0.05) is 45.2 Å². The van der Waals surface area contributed by atoms with Crippen molar-refractivity contribution in [2.24, 2.45) is 11.8 Å². The number of halogens is 1. The van der Waals surface area contributed by atoms with Crippen LogP contribution in [0.2, 0.25) is 0 Å². The van der Waals surface area contributed by atoms with Crippen LogP contribution in [0.1, 0.15) is 69.9 Å². The number of benzene rings is 1. The Labute approximate surface area is 163 Å². The molecule has 0 aromatic heterocycles. The SMILES string of the molecule is CCCC(CCC)CNCCCC[C@@H](Cc1ccc(F)c(C)c1)C(=O)NO. The van der Waals surface area contributed by atoms with E-state index >= 15 is 0 Å². The molecule has 0 heterocycles. The smallest absolute Gasteiger partial charge is 0.246 e. The second-order valence-corrected chi connectivity index (χ2v) is 7.60. The van der Waals surface area contributed by atoms with E-state index in [1.54, 1.807) is 24.5 Å². The van der Waals surface area contributed by atoms with E-state index in [1.165, 1.54) is 31.7 Å². The van der Waals surface area contributed by atoms with Gasteiger partial charge in [-0.2, -0.15) is 0 Å². The summed E-state index contributed by atoms with van der Waals surface area (Å²) in [7, 11) is 0. The van der Waals surface area contributed by atoms with E-state index in [0.29, 0.717) is 18.4 Å². The lowest BCUT2D eigenvalue weighted by Gasteiger charge is -2.17. The molecule has 0 fully saturated rings. The summed E-state index contributed by atoms with van der Waals surface area (Å²) in [4.78, 5) is 12.0. The molecule has 0 aliphatic rings. The van der Waals surface area contributed by atoms with E-state index in [4.69, 9.17) is 5.21 Å². The molecule has 0 radical (unpaired) electrons. The van der Waals surface area contributed by atoms with Gasteiger partial charge in [-0.25, -0.2) is 9.87 Å². The molecule has 1 aromatic rings. The molecule has 0 unspecified atom stereocenters. The van der Waals surface area contributed by atoms with Gasteiger partial charge in [0.25, 0.3) is 0 Å². The molecule has 0 saturated heterocycles. The van der Waals surface area contributed by atoms with Gasteiger partial charge >= 0.3 is 0 Å². The summed E-state index contributed by atoms with van der Waals surface area (Å²) in [5, 5.41) is 12.6. The molecular weight excluding hydrogens is 343 g/mol. The van der Waals surface area contributed by atoms with Crippen molar-refractivity contribution in [3.63, 3.8) is 0 Å². The topological polar surface area (TPSA) is 61.4 Å². The molecule has 1 aromatic carbocycles. The van der Waals surface area contributed by atoms with Crippen molar-refractivity contribution in [2.75, 3.05) is 13.1 Å². The van der Waals surface area contributed by atoms with Gasteiger partial charge in [-0.15, -0.1) is 0 Å². The Kier molecular flexibility index (Phi) is 11.9. The van der Waals surface area contributed by atoms with Gasteiger partial charge in [0.1, 0.15) is 5.82 Å². The molecule has 0 aliphatic carbocycles. The van der Waals surface area contributed by atoms with Gasteiger partial charge in [0, 0.05) is 5.92 Å². The zero-order valence-electron chi connectivity index (χ0n) is 17.2. The first-order valence-electron chi connectivity index (χ1n) is 10.4. The fourth-order valence-corrected chi connectivity index (χ4v) is 3.65. The predicted octanol–water partition coefficient (Wildman–Crippen LogP) is 4.77. The maximum absolute atomic E-state index is 13.4. The van der Waals surface area contributed by atoms with Crippen molar-refractivity contribution < 1.29 is 14.4 Å². The molecule has 27 heavy (non-hydrogen) atoms. The quantitative estimate of drug-likeness (QED) is 0.247. The van der Waals surface area contributed by atoms with Crippen LogP contribution in [0.15, 0.2) is 18.2 Å². The molecule has 154 valence electrons. The van der Waals surface area contributed by atoms with Crippen LogP contribution in [-0.2, 0) is 11.2 Å². The molecule has 3 N–H and O–H groups in total. The van der Waals surface area contributed by atoms with Crippen molar-refractivity contribution in [1.82, 2.24) is 10.8 Å². The lowest BCUT2D eigenvalue weighted by Crippen LogP contribution is -2.29. The van der Waals surface area contributed by atoms with Crippen molar-refractivity contribution in [2.45, 2.75) is 72.1 Å². The fraction of sp³-hybridized carbons (Fsp3) is 0.682. The Hall–Kier alpha value is -1.46. The molecule has 0 saturated carbocycles. The first-order valence-corrected chi connectivity index (χ1v) is 10.4. The number of nitrogens with one attached hydrogen (secondary N) is 2. The van der Waals surface area contributed by atoms with Crippen LogP contribution in [0, 0.1) is 24.6 Å². The monoisotopic (exact) mass is 380 g/mol. The fourth-order valence-electron chi connectivity index (χ4n) is 3.65. The summed E-state index contributed by atoms with van der Waals surface area (Å²) in [6.07, 6.45) is 8.14. The second-order valence-electron chi connectivity index (χ2n) is 7.60. The number of carbonyl (C=O) groups excluding carboxylic acids is 1. The third kappa shape index (κ3) is 9.34. The van der Waals surface area contributed by atoms with Crippen LogP contribution in [0.25, 0.3) is 0 Å². The third-order valence-electron chi connectivity index (χ3n) is 5.17. The lowest BCUT2D eigenvalue weighted by atomic mass is 9.92. The summed E-state index contributed by atoms with van der Waals surface area (Å²) in [6.45, 7) is 8.20. The minimum atomic E-state index is -0.365. The highest BCUT2D eigenvalue weighted by molar-refractivity contribution is 5.77. The summed E-state index contributed by atoms with van der Waals surface area (Å²) in [6, 6.07) is 4.92. The highest BCUT2D eigenvalue weighted by Crippen LogP contribution is 2.18. The minimum Gasteiger partial charge on any atom is -0.316 e.